The summed E-state index contributed by atoms with van der Waals surface area (Å²) < 4.78 is 27.9. The van der Waals surface area contributed by atoms with Crippen LogP contribution < -0.4 is 10.0 Å². The lowest BCUT2D eigenvalue weighted by Crippen LogP contribution is -2.40. The molecule has 0 unspecified atom stereocenters. The zero-order chi connectivity index (χ0) is 21.6. The summed E-state index contributed by atoms with van der Waals surface area (Å²) in [6.07, 6.45) is 0. The van der Waals surface area contributed by atoms with Crippen LogP contribution in [0, 0.1) is 13.8 Å². The second-order valence-corrected chi connectivity index (χ2v) is 8.38. The molecule has 2 aromatic carbocycles. The maximum atomic E-state index is 12.7. The van der Waals surface area contributed by atoms with Gasteiger partial charge in [0.15, 0.2) is 0 Å². The van der Waals surface area contributed by atoms with Crippen LogP contribution in [-0.4, -0.2) is 44.8 Å². The van der Waals surface area contributed by atoms with Gasteiger partial charge in [0.05, 0.1) is 11.4 Å². The van der Waals surface area contributed by atoms with Crippen molar-refractivity contribution in [1.82, 2.24) is 10.2 Å². The summed E-state index contributed by atoms with van der Waals surface area (Å²) in [5, 5.41) is 2.67. The van der Waals surface area contributed by atoms with Crippen molar-refractivity contribution < 1.29 is 18.0 Å². The highest BCUT2D eigenvalue weighted by Gasteiger charge is 2.19. The molecule has 0 spiro atoms. The van der Waals surface area contributed by atoms with Crippen molar-refractivity contribution in [2.45, 2.75) is 32.6 Å². The van der Waals surface area contributed by atoms with Crippen LogP contribution in [0.5, 0.6) is 0 Å². The van der Waals surface area contributed by atoms with E-state index in [-0.39, 0.29) is 23.3 Å². The Hall–Kier alpha value is -2.87. The maximum Gasteiger partial charge on any atom is 0.262 e. The molecule has 0 radical (unpaired) electrons. The van der Waals surface area contributed by atoms with Crippen molar-refractivity contribution in [3.63, 3.8) is 0 Å². The predicted octanol–water partition coefficient (Wildman–Crippen LogP) is 2.70. The van der Waals surface area contributed by atoms with Gasteiger partial charge >= 0.3 is 0 Å². The molecule has 0 saturated heterocycles. The molecular weight excluding hydrogens is 390 g/mol. The zero-order valence-corrected chi connectivity index (χ0v) is 18.0. The van der Waals surface area contributed by atoms with E-state index in [1.54, 1.807) is 38.1 Å². The van der Waals surface area contributed by atoms with Gasteiger partial charge in [-0.05, 0) is 69.2 Å². The largest absolute Gasteiger partial charge is 0.355 e. The number of carbonyl (C=O) groups is 2. The number of hydrogen-bond donors (Lipinski definition) is 2. The number of likely N-dealkylation sites (N-methyl/N-ethyl adjacent to an activating group) is 2. The molecule has 0 aliphatic heterocycles. The van der Waals surface area contributed by atoms with E-state index in [4.69, 9.17) is 0 Å². The fraction of sp³-hybridized carbons (Fsp3) is 0.333. The van der Waals surface area contributed by atoms with Gasteiger partial charge in [-0.2, -0.15) is 0 Å². The number of nitrogens with zero attached hydrogens (tertiary/aromatic N) is 1. The van der Waals surface area contributed by atoms with Crippen LogP contribution in [0.15, 0.2) is 47.4 Å². The Morgan fingerprint density at radius 3 is 2.24 bits per heavy atom. The second kappa shape index (κ2) is 9.56. The topological polar surface area (TPSA) is 95.6 Å². The minimum atomic E-state index is -3.74. The minimum absolute atomic E-state index is 0.0236. The monoisotopic (exact) mass is 417 g/mol. The number of hydrogen-bond acceptors (Lipinski definition) is 4. The van der Waals surface area contributed by atoms with Crippen LogP contribution in [-0.2, 0) is 14.8 Å². The van der Waals surface area contributed by atoms with Crippen LogP contribution in [0.25, 0.3) is 0 Å². The average molecular weight is 418 g/mol. The highest BCUT2D eigenvalue weighted by Crippen LogP contribution is 2.21. The lowest BCUT2D eigenvalue weighted by Gasteiger charge is -2.20. The van der Waals surface area contributed by atoms with E-state index in [1.165, 1.54) is 17.0 Å². The summed E-state index contributed by atoms with van der Waals surface area (Å²) in [4.78, 5) is 26.0. The summed E-state index contributed by atoms with van der Waals surface area (Å²) >= 11 is 0. The summed E-state index contributed by atoms with van der Waals surface area (Å²) in [6, 6.07) is 11.4. The number of benzene rings is 2. The Morgan fingerprint density at radius 1 is 1.00 bits per heavy atom. The number of nitrogens with one attached hydrogen (secondary N) is 2. The molecule has 0 fully saturated rings. The Morgan fingerprint density at radius 2 is 1.66 bits per heavy atom. The first-order valence-corrected chi connectivity index (χ1v) is 10.9. The van der Waals surface area contributed by atoms with Gasteiger partial charge < -0.3 is 10.2 Å². The highest BCUT2D eigenvalue weighted by atomic mass is 32.2. The molecule has 0 bridgehead atoms. The Labute approximate surface area is 172 Å². The average Bonchev–Trinajstić information content (AvgIpc) is 2.68. The van der Waals surface area contributed by atoms with Gasteiger partial charge in [0.2, 0.25) is 5.91 Å². The highest BCUT2D eigenvalue weighted by molar-refractivity contribution is 7.92. The van der Waals surface area contributed by atoms with E-state index in [0.29, 0.717) is 29.9 Å². The molecule has 2 rings (SSSR count). The lowest BCUT2D eigenvalue weighted by molar-refractivity contribution is -0.121. The fourth-order valence-corrected chi connectivity index (χ4v) is 4.21. The quantitative estimate of drug-likeness (QED) is 0.690. The predicted molar refractivity (Wildman–Crippen MR) is 113 cm³/mol. The van der Waals surface area contributed by atoms with Gasteiger partial charge in [-0.25, -0.2) is 8.42 Å². The molecule has 0 aliphatic carbocycles. The van der Waals surface area contributed by atoms with E-state index < -0.39 is 10.0 Å². The van der Waals surface area contributed by atoms with Gasteiger partial charge in [0.1, 0.15) is 0 Å². The molecule has 0 saturated carbocycles. The van der Waals surface area contributed by atoms with Crippen LogP contribution in [0.3, 0.4) is 0 Å². The molecule has 2 amide bonds. The van der Waals surface area contributed by atoms with Crippen LogP contribution >= 0.6 is 0 Å². The third kappa shape index (κ3) is 5.80. The second-order valence-electron chi connectivity index (χ2n) is 6.72. The molecule has 29 heavy (non-hydrogen) atoms. The molecule has 0 atom stereocenters. The Balaban J connectivity index is 2.16. The van der Waals surface area contributed by atoms with Gasteiger partial charge in [-0.15, -0.1) is 0 Å². The van der Waals surface area contributed by atoms with E-state index in [1.807, 2.05) is 19.9 Å². The van der Waals surface area contributed by atoms with Gasteiger partial charge in [0.25, 0.3) is 15.9 Å². The number of sulfonamides is 1. The van der Waals surface area contributed by atoms with Crippen molar-refractivity contribution in [3.8, 4) is 0 Å². The number of anilines is 1. The van der Waals surface area contributed by atoms with Gasteiger partial charge in [0, 0.05) is 24.3 Å². The first kappa shape index (κ1) is 22.4. The standard InChI is InChI=1S/C21H27N3O4S/c1-5-22-20(25)14-24(6-2)21(26)17-9-11-18(12-10-17)23-29(27,28)19-13-15(3)7-8-16(19)4/h7-13,23H,5-6,14H2,1-4H3,(H,22,25). The molecule has 0 heterocycles. The zero-order valence-electron chi connectivity index (χ0n) is 17.2. The maximum absolute atomic E-state index is 12.7. The fourth-order valence-electron chi connectivity index (χ4n) is 2.82. The third-order valence-corrected chi connectivity index (χ3v) is 5.92. The van der Waals surface area contributed by atoms with Crippen molar-refractivity contribution in [2.75, 3.05) is 24.4 Å². The normalized spacial score (nSPS) is 11.0. The molecule has 7 nitrogen and oxygen atoms in total. The summed E-state index contributed by atoms with van der Waals surface area (Å²) in [5.74, 6) is -0.511. The Bertz CT molecular complexity index is 985. The van der Waals surface area contributed by atoms with Crippen molar-refractivity contribution in [1.29, 1.82) is 0 Å². The summed E-state index contributed by atoms with van der Waals surface area (Å²) in [6.45, 7) is 8.04. The number of carbonyl (C=O) groups excluding carboxylic acids is 2. The van der Waals surface area contributed by atoms with Crippen LogP contribution in [0.4, 0.5) is 5.69 Å². The molecule has 0 aliphatic rings. The number of amides is 2. The third-order valence-electron chi connectivity index (χ3n) is 4.39. The van der Waals surface area contributed by atoms with E-state index >= 15 is 0 Å². The molecule has 0 aromatic heterocycles. The molecule has 2 aromatic rings. The van der Waals surface area contributed by atoms with Crippen molar-refractivity contribution in [2.24, 2.45) is 0 Å². The first-order chi connectivity index (χ1) is 13.7. The SMILES string of the molecule is CCNC(=O)CN(CC)C(=O)c1ccc(NS(=O)(=O)c2cc(C)ccc2C)cc1. The lowest BCUT2D eigenvalue weighted by atomic mass is 10.2. The van der Waals surface area contributed by atoms with Crippen molar-refractivity contribution >= 4 is 27.5 Å². The number of aryl methyl sites for hydroxylation is 2. The molecule has 156 valence electrons. The summed E-state index contributed by atoms with van der Waals surface area (Å²) in [5.41, 5.74) is 2.24. The van der Waals surface area contributed by atoms with Crippen LogP contribution in [0.1, 0.15) is 35.3 Å². The number of rotatable bonds is 8. The van der Waals surface area contributed by atoms with E-state index in [2.05, 4.69) is 10.0 Å². The molecule has 2 N–H and O–H groups in total. The molecular formula is C21H27N3O4S. The smallest absolute Gasteiger partial charge is 0.262 e. The van der Waals surface area contributed by atoms with Crippen molar-refractivity contribution in [3.05, 3.63) is 59.2 Å². The summed E-state index contributed by atoms with van der Waals surface area (Å²) in [7, 11) is -3.74. The minimum Gasteiger partial charge on any atom is -0.355 e. The van der Waals surface area contributed by atoms with Gasteiger partial charge in [-0.1, -0.05) is 12.1 Å². The van der Waals surface area contributed by atoms with E-state index in [0.717, 1.165) is 5.56 Å². The van der Waals surface area contributed by atoms with E-state index in [9.17, 15) is 18.0 Å². The first-order valence-electron chi connectivity index (χ1n) is 9.44. The van der Waals surface area contributed by atoms with Gasteiger partial charge in [-0.3, -0.25) is 14.3 Å². The van der Waals surface area contributed by atoms with Crippen LogP contribution in [0.2, 0.25) is 0 Å². The Kier molecular flexibility index (Phi) is 7.39. The molecule has 8 heteroatoms.